The van der Waals surface area contributed by atoms with Crippen LogP contribution in [0.4, 0.5) is 0 Å². The monoisotopic (exact) mass is 626 g/mol. The maximum atomic E-state index is 6.05. The molecule has 0 aliphatic carbocycles. The third-order valence-electron chi connectivity index (χ3n) is 9.35. The van der Waals surface area contributed by atoms with Crippen molar-refractivity contribution in [1.82, 2.24) is 19.9 Å². The number of pyridine rings is 1. The highest BCUT2D eigenvalue weighted by atomic mass is 16.4. The van der Waals surface area contributed by atoms with Crippen molar-refractivity contribution < 1.29 is 4.42 Å². The van der Waals surface area contributed by atoms with Gasteiger partial charge in [-0.3, -0.25) is 0 Å². The Morgan fingerprint density at radius 1 is 0.408 bits per heavy atom. The molecule has 0 fully saturated rings. The lowest BCUT2D eigenvalue weighted by molar-refractivity contribution is 0.608. The van der Waals surface area contributed by atoms with E-state index in [1.165, 1.54) is 32.3 Å². The number of fused-ring (bicyclic) bond motifs is 7. The van der Waals surface area contributed by atoms with Gasteiger partial charge in [-0.05, 0) is 85.6 Å². The second kappa shape index (κ2) is 10.9. The Morgan fingerprint density at radius 2 is 0.959 bits per heavy atom. The lowest BCUT2D eigenvalue weighted by Crippen LogP contribution is -1.97. The molecule has 0 spiro atoms. The molecule has 10 rings (SSSR count). The van der Waals surface area contributed by atoms with E-state index in [0.29, 0.717) is 17.4 Å². The zero-order valence-electron chi connectivity index (χ0n) is 26.2. The molecular weight excluding hydrogens is 601 g/mol. The molecule has 228 valence electrons. The number of oxazole rings is 1. The standard InChI is InChI=1S/C44H26N4O/c1-3-15-31-27(11-1)24-37(35-19-7-5-17-33(31)35)40-26-41(38-25-28-12-2-4-16-32(28)34-18-6-8-20-36(34)38)47-42(46-40)29-13-9-14-30(23-29)43-48-39-21-10-22-45-44(39)49-43/h1-26H. The first kappa shape index (κ1) is 27.4. The Balaban J connectivity index is 1.25. The SMILES string of the molecule is c1cc(-c2nc(-c3cc4ccccc4c4ccccc34)cc(-c3cc4ccccc4c4ccccc34)n2)cc(-c2nc3cccnc3o2)c1. The average Bonchev–Trinajstić information content (AvgIpc) is 3.62. The number of benzene rings is 7. The molecule has 0 N–H and O–H groups in total. The minimum Gasteiger partial charge on any atom is -0.418 e. The van der Waals surface area contributed by atoms with Crippen LogP contribution in [0.3, 0.4) is 0 Å². The molecule has 0 saturated heterocycles. The van der Waals surface area contributed by atoms with E-state index in [-0.39, 0.29) is 0 Å². The van der Waals surface area contributed by atoms with E-state index in [0.717, 1.165) is 49.9 Å². The molecule has 5 heteroatoms. The van der Waals surface area contributed by atoms with Gasteiger partial charge in [0.15, 0.2) is 5.82 Å². The molecule has 0 amide bonds. The van der Waals surface area contributed by atoms with Crippen LogP contribution in [0.2, 0.25) is 0 Å². The largest absolute Gasteiger partial charge is 0.418 e. The predicted molar refractivity (Wildman–Crippen MR) is 199 cm³/mol. The summed E-state index contributed by atoms with van der Waals surface area (Å²) in [6.07, 6.45) is 1.71. The second-order valence-corrected chi connectivity index (χ2v) is 12.3. The second-order valence-electron chi connectivity index (χ2n) is 12.3. The molecule has 0 radical (unpaired) electrons. The van der Waals surface area contributed by atoms with Crippen LogP contribution >= 0.6 is 0 Å². The number of hydrogen-bond donors (Lipinski definition) is 0. The van der Waals surface area contributed by atoms with Crippen molar-refractivity contribution in [2.75, 3.05) is 0 Å². The van der Waals surface area contributed by atoms with Gasteiger partial charge in [0.2, 0.25) is 11.6 Å². The molecule has 0 unspecified atom stereocenters. The molecule has 7 aromatic carbocycles. The van der Waals surface area contributed by atoms with Gasteiger partial charge in [0, 0.05) is 28.5 Å². The quantitative estimate of drug-likeness (QED) is 0.182. The lowest BCUT2D eigenvalue weighted by atomic mass is 9.93. The van der Waals surface area contributed by atoms with Gasteiger partial charge in [-0.2, -0.15) is 0 Å². The Labute approximate surface area is 281 Å². The summed E-state index contributed by atoms with van der Waals surface area (Å²) in [6, 6.07) is 52.8. The number of aromatic nitrogens is 4. The molecule has 3 aromatic heterocycles. The third kappa shape index (κ3) is 4.55. The molecule has 0 aliphatic heterocycles. The summed E-state index contributed by atoms with van der Waals surface area (Å²) in [5.41, 5.74) is 6.76. The minimum absolute atomic E-state index is 0.507. The van der Waals surface area contributed by atoms with E-state index in [9.17, 15) is 0 Å². The molecule has 49 heavy (non-hydrogen) atoms. The Morgan fingerprint density at radius 3 is 1.57 bits per heavy atom. The highest BCUT2D eigenvalue weighted by Gasteiger charge is 2.18. The first-order chi connectivity index (χ1) is 24.3. The third-order valence-corrected chi connectivity index (χ3v) is 9.35. The predicted octanol–water partition coefficient (Wildman–Crippen LogP) is 11.3. The van der Waals surface area contributed by atoms with Crippen molar-refractivity contribution in [3.8, 4) is 45.4 Å². The van der Waals surface area contributed by atoms with E-state index >= 15 is 0 Å². The first-order valence-electron chi connectivity index (χ1n) is 16.3. The first-order valence-corrected chi connectivity index (χ1v) is 16.3. The van der Waals surface area contributed by atoms with Gasteiger partial charge in [0.25, 0.3) is 0 Å². The molecule has 3 heterocycles. The number of hydrogen-bond acceptors (Lipinski definition) is 5. The molecule has 0 aliphatic rings. The maximum absolute atomic E-state index is 6.05. The van der Waals surface area contributed by atoms with Crippen molar-refractivity contribution in [2.45, 2.75) is 0 Å². The van der Waals surface area contributed by atoms with Gasteiger partial charge in [-0.25, -0.2) is 19.9 Å². The summed E-state index contributed by atoms with van der Waals surface area (Å²) in [4.78, 5) is 19.6. The van der Waals surface area contributed by atoms with E-state index < -0.39 is 0 Å². The molecule has 0 atom stereocenters. The maximum Gasteiger partial charge on any atom is 0.247 e. The van der Waals surface area contributed by atoms with E-state index in [4.69, 9.17) is 19.4 Å². The number of nitrogens with zero attached hydrogens (tertiary/aromatic N) is 4. The minimum atomic E-state index is 0.507. The Hall–Kier alpha value is -6.72. The van der Waals surface area contributed by atoms with Gasteiger partial charge in [-0.15, -0.1) is 0 Å². The van der Waals surface area contributed by atoms with Crippen molar-refractivity contribution in [1.29, 1.82) is 0 Å². The normalized spacial score (nSPS) is 11.7. The average molecular weight is 627 g/mol. The summed E-state index contributed by atoms with van der Waals surface area (Å²) in [7, 11) is 0. The highest BCUT2D eigenvalue weighted by Crippen LogP contribution is 2.39. The van der Waals surface area contributed by atoms with Crippen LogP contribution < -0.4 is 0 Å². The fraction of sp³-hybridized carbons (Fsp3) is 0. The summed E-state index contributed by atoms with van der Waals surface area (Å²) >= 11 is 0. The van der Waals surface area contributed by atoms with Gasteiger partial charge in [0.05, 0.1) is 11.4 Å². The van der Waals surface area contributed by atoms with Crippen LogP contribution in [-0.4, -0.2) is 19.9 Å². The van der Waals surface area contributed by atoms with Gasteiger partial charge >= 0.3 is 0 Å². The van der Waals surface area contributed by atoms with E-state index in [1.807, 2.05) is 36.4 Å². The summed E-state index contributed by atoms with van der Waals surface area (Å²) in [5.74, 6) is 1.13. The van der Waals surface area contributed by atoms with Crippen LogP contribution in [0.25, 0.3) is 99.7 Å². The van der Waals surface area contributed by atoms with Crippen molar-refractivity contribution in [3.63, 3.8) is 0 Å². The Kier molecular flexibility index (Phi) is 6.11. The molecule has 0 saturated carbocycles. The lowest BCUT2D eigenvalue weighted by Gasteiger charge is -2.15. The van der Waals surface area contributed by atoms with E-state index in [2.05, 4.69) is 120 Å². The fourth-order valence-electron chi connectivity index (χ4n) is 7.07. The van der Waals surface area contributed by atoms with Gasteiger partial charge in [0.1, 0.15) is 5.52 Å². The molecular formula is C44H26N4O. The number of rotatable bonds is 4. The van der Waals surface area contributed by atoms with Gasteiger partial charge < -0.3 is 4.42 Å². The summed E-state index contributed by atoms with van der Waals surface area (Å²) in [5, 5.41) is 9.46. The van der Waals surface area contributed by atoms with Crippen LogP contribution in [0.15, 0.2) is 162 Å². The highest BCUT2D eigenvalue weighted by molar-refractivity contribution is 6.15. The topological polar surface area (TPSA) is 64.7 Å². The molecule has 0 bridgehead atoms. The fourth-order valence-corrected chi connectivity index (χ4v) is 7.07. The van der Waals surface area contributed by atoms with Crippen molar-refractivity contribution in [2.24, 2.45) is 0 Å². The van der Waals surface area contributed by atoms with E-state index in [1.54, 1.807) is 6.20 Å². The summed E-state index contributed by atoms with van der Waals surface area (Å²) in [6.45, 7) is 0. The molecule has 5 nitrogen and oxygen atoms in total. The van der Waals surface area contributed by atoms with Crippen LogP contribution in [0.1, 0.15) is 0 Å². The van der Waals surface area contributed by atoms with Crippen LogP contribution in [0, 0.1) is 0 Å². The van der Waals surface area contributed by atoms with Crippen molar-refractivity contribution >= 4 is 54.3 Å². The zero-order valence-corrected chi connectivity index (χ0v) is 26.2. The summed E-state index contributed by atoms with van der Waals surface area (Å²) < 4.78 is 6.05. The van der Waals surface area contributed by atoms with Crippen LogP contribution in [-0.2, 0) is 0 Å². The van der Waals surface area contributed by atoms with Gasteiger partial charge in [-0.1, -0.05) is 109 Å². The smallest absolute Gasteiger partial charge is 0.247 e. The Bertz CT molecular complexity index is 2740. The zero-order chi connectivity index (χ0) is 32.3. The van der Waals surface area contributed by atoms with Crippen LogP contribution in [0.5, 0.6) is 0 Å². The van der Waals surface area contributed by atoms with Crippen molar-refractivity contribution in [3.05, 3.63) is 158 Å². The molecule has 10 aromatic rings.